The molecule has 160 valence electrons. The van der Waals surface area contributed by atoms with Gasteiger partial charge in [0.05, 0.1) is 17.6 Å². The number of hydrogen-bond donors (Lipinski definition) is 1. The van der Waals surface area contributed by atoms with Gasteiger partial charge in [-0.25, -0.2) is 5.43 Å². The second kappa shape index (κ2) is 8.85. The first-order chi connectivity index (χ1) is 15.4. The summed E-state index contributed by atoms with van der Waals surface area (Å²) < 4.78 is 2.14. The largest absolute Gasteiger partial charge is 0.318 e. The Kier molecular flexibility index (Phi) is 5.81. The summed E-state index contributed by atoms with van der Waals surface area (Å²) in [7, 11) is 0. The molecule has 0 bridgehead atoms. The van der Waals surface area contributed by atoms with Gasteiger partial charge >= 0.3 is 0 Å². The molecule has 32 heavy (non-hydrogen) atoms. The molecule has 0 spiro atoms. The third-order valence-corrected chi connectivity index (χ3v) is 5.39. The molecule has 0 aliphatic carbocycles. The number of hydrazone groups is 1. The number of hydrogen-bond acceptors (Lipinski definition) is 4. The van der Waals surface area contributed by atoms with Crippen LogP contribution in [0.25, 0.3) is 16.5 Å². The van der Waals surface area contributed by atoms with Crippen LogP contribution >= 0.6 is 0 Å². The highest BCUT2D eigenvalue weighted by molar-refractivity contribution is 5.86. The number of aromatic nitrogens is 1. The van der Waals surface area contributed by atoms with Crippen molar-refractivity contribution in [1.82, 2.24) is 9.99 Å². The molecule has 1 amide bonds. The van der Waals surface area contributed by atoms with Crippen LogP contribution in [0.5, 0.6) is 0 Å². The van der Waals surface area contributed by atoms with Crippen molar-refractivity contribution in [2.45, 2.75) is 20.3 Å². The Labute approximate surface area is 185 Å². The molecule has 7 nitrogen and oxygen atoms in total. The highest BCUT2D eigenvalue weighted by Gasteiger charge is 2.15. The Hall–Kier alpha value is -4.26. The molecular formula is C25H22N4O3. The summed E-state index contributed by atoms with van der Waals surface area (Å²) >= 11 is 0. The normalized spacial score (nSPS) is 11.2. The van der Waals surface area contributed by atoms with Gasteiger partial charge in [-0.3, -0.25) is 14.9 Å². The zero-order valence-electron chi connectivity index (χ0n) is 17.8. The van der Waals surface area contributed by atoms with Crippen LogP contribution in [0.1, 0.15) is 22.5 Å². The van der Waals surface area contributed by atoms with Crippen molar-refractivity contribution < 1.29 is 9.72 Å². The molecule has 3 aromatic carbocycles. The SMILES string of the molecule is Cc1cc(C=NNC(=O)Cc2ccccc2[N+](=O)[O-])c(C)n1-c1ccc2ccccc2c1. The minimum absolute atomic E-state index is 0.0782. The fraction of sp³-hybridized carbons (Fsp3) is 0.120. The van der Waals surface area contributed by atoms with Gasteiger partial charge in [-0.2, -0.15) is 5.10 Å². The number of para-hydroxylation sites is 1. The fourth-order valence-corrected chi connectivity index (χ4v) is 3.86. The van der Waals surface area contributed by atoms with Crippen LogP contribution in [0, 0.1) is 24.0 Å². The summed E-state index contributed by atoms with van der Waals surface area (Å²) in [6.07, 6.45) is 1.47. The van der Waals surface area contributed by atoms with E-state index < -0.39 is 10.8 Å². The first kappa shape index (κ1) is 21.0. The maximum atomic E-state index is 12.2. The zero-order valence-corrected chi connectivity index (χ0v) is 17.8. The standard InChI is InChI=1S/C25H22N4O3/c1-17-13-22(16-26-27-25(30)15-21-9-5-6-10-24(21)29(31)32)18(2)28(17)23-12-11-19-7-3-4-8-20(19)14-23/h3-14,16H,15H2,1-2H3,(H,27,30). The Morgan fingerprint density at radius 3 is 2.53 bits per heavy atom. The predicted octanol–water partition coefficient (Wildman–Crippen LogP) is 4.85. The zero-order chi connectivity index (χ0) is 22.7. The number of nitro benzene ring substituents is 1. The summed E-state index contributed by atoms with van der Waals surface area (Å²) in [6.45, 7) is 4.02. The molecule has 4 aromatic rings. The lowest BCUT2D eigenvalue weighted by Crippen LogP contribution is -2.20. The minimum atomic E-state index is -0.493. The highest BCUT2D eigenvalue weighted by Crippen LogP contribution is 2.24. The summed E-state index contributed by atoms with van der Waals surface area (Å²) in [5.41, 5.74) is 6.71. The monoisotopic (exact) mass is 426 g/mol. The first-order valence-corrected chi connectivity index (χ1v) is 10.2. The van der Waals surface area contributed by atoms with Crippen LogP contribution in [0.2, 0.25) is 0 Å². The lowest BCUT2D eigenvalue weighted by Gasteiger charge is -2.11. The minimum Gasteiger partial charge on any atom is -0.318 e. The number of rotatable bonds is 6. The molecule has 0 saturated carbocycles. The smallest absolute Gasteiger partial charge is 0.273 e. The number of nitrogens with one attached hydrogen (secondary N) is 1. The number of carbonyl (C=O) groups excluding carboxylic acids is 1. The number of fused-ring (bicyclic) bond motifs is 1. The van der Waals surface area contributed by atoms with Gasteiger partial charge in [-0.15, -0.1) is 0 Å². The predicted molar refractivity (Wildman–Crippen MR) is 125 cm³/mol. The number of benzene rings is 3. The maximum Gasteiger partial charge on any atom is 0.273 e. The van der Waals surface area contributed by atoms with Gasteiger partial charge in [-0.05, 0) is 42.8 Å². The van der Waals surface area contributed by atoms with Crippen LogP contribution in [0.3, 0.4) is 0 Å². The van der Waals surface area contributed by atoms with Crippen molar-refractivity contribution in [3.63, 3.8) is 0 Å². The molecule has 0 aliphatic heterocycles. The average Bonchev–Trinajstić information content (AvgIpc) is 3.06. The molecule has 1 N–H and O–H groups in total. The Morgan fingerprint density at radius 1 is 1.03 bits per heavy atom. The number of nitrogens with zero attached hydrogens (tertiary/aromatic N) is 3. The molecule has 1 aromatic heterocycles. The summed E-state index contributed by atoms with van der Waals surface area (Å²) in [5.74, 6) is -0.418. The van der Waals surface area contributed by atoms with Gasteiger partial charge < -0.3 is 4.57 Å². The Balaban J connectivity index is 1.50. The van der Waals surface area contributed by atoms with E-state index in [1.807, 2.05) is 32.0 Å². The van der Waals surface area contributed by atoms with Crippen molar-refractivity contribution in [1.29, 1.82) is 0 Å². The highest BCUT2D eigenvalue weighted by atomic mass is 16.6. The second-order valence-electron chi connectivity index (χ2n) is 7.55. The van der Waals surface area contributed by atoms with Crippen molar-refractivity contribution in [2.75, 3.05) is 0 Å². The molecule has 0 atom stereocenters. The third kappa shape index (κ3) is 4.27. The van der Waals surface area contributed by atoms with E-state index in [-0.39, 0.29) is 12.1 Å². The summed E-state index contributed by atoms with van der Waals surface area (Å²) in [5, 5.41) is 17.5. The third-order valence-electron chi connectivity index (χ3n) is 5.39. The van der Waals surface area contributed by atoms with Crippen molar-refractivity contribution >= 4 is 28.6 Å². The average molecular weight is 426 g/mol. The van der Waals surface area contributed by atoms with Gasteiger partial charge in [-0.1, -0.05) is 48.5 Å². The molecule has 0 fully saturated rings. The quantitative estimate of drug-likeness (QED) is 0.272. The molecule has 1 heterocycles. The topological polar surface area (TPSA) is 89.5 Å². The van der Waals surface area contributed by atoms with Crippen LogP contribution in [-0.4, -0.2) is 21.6 Å². The van der Waals surface area contributed by atoms with Gasteiger partial charge in [0.1, 0.15) is 0 Å². The van der Waals surface area contributed by atoms with E-state index in [1.165, 1.54) is 11.5 Å². The van der Waals surface area contributed by atoms with E-state index in [0.29, 0.717) is 5.56 Å². The maximum absolute atomic E-state index is 12.2. The second-order valence-corrected chi connectivity index (χ2v) is 7.55. The van der Waals surface area contributed by atoms with Gasteiger partial charge in [0.15, 0.2) is 0 Å². The Morgan fingerprint density at radius 2 is 1.75 bits per heavy atom. The molecule has 0 unspecified atom stereocenters. The van der Waals surface area contributed by atoms with Crippen LogP contribution < -0.4 is 5.43 Å². The molecule has 0 aliphatic rings. The van der Waals surface area contributed by atoms with E-state index in [2.05, 4.69) is 45.4 Å². The van der Waals surface area contributed by atoms with Crippen LogP contribution in [-0.2, 0) is 11.2 Å². The number of amides is 1. The fourth-order valence-electron chi connectivity index (χ4n) is 3.86. The number of aryl methyl sites for hydroxylation is 1. The molecular weight excluding hydrogens is 404 g/mol. The van der Waals surface area contributed by atoms with Gasteiger partial charge in [0, 0.05) is 34.3 Å². The van der Waals surface area contributed by atoms with Crippen molar-refractivity contribution in [3.05, 3.63) is 105 Å². The van der Waals surface area contributed by atoms with E-state index in [1.54, 1.807) is 24.4 Å². The van der Waals surface area contributed by atoms with Crippen molar-refractivity contribution in [3.8, 4) is 5.69 Å². The molecule has 0 radical (unpaired) electrons. The molecule has 7 heteroatoms. The molecule has 0 saturated heterocycles. The van der Waals surface area contributed by atoms with Gasteiger partial charge in [0.2, 0.25) is 5.91 Å². The number of carbonyl (C=O) groups is 1. The summed E-state index contributed by atoms with van der Waals surface area (Å²) in [4.78, 5) is 22.8. The first-order valence-electron chi connectivity index (χ1n) is 10.2. The molecule has 4 rings (SSSR count). The Bertz CT molecular complexity index is 1350. The lowest BCUT2D eigenvalue weighted by atomic mass is 10.1. The van der Waals surface area contributed by atoms with E-state index in [0.717, 1.165) is 28.0 Å². The summed E-state index contributed by atoms with van der Waals surface area (Å²) in [6, 6.07) is 22.7. The van der Waals surface area contributed by atoms with Crippen LogP contribution in [0.15, 0.2) is 77.9 Å². The van der Waals surface area contributed by atoms with Crippen LogP contribution in [0.4, 0.5) is 5.69 Å². The van der Waals surface area contributed by atoms with Gasteiger partial charge in [0.25, 0.3) is 5.69 Å². The van der Waals surface area contributed by atoms with E-state index in [4.69, 9.17) is 0 Å². The number of nitro groups is 1. The van der Waals surface area contributed by atoms with E-state index in [9.17, 15) is 14.9 Å². The van der Waals surface area contributed by atoms with E-state index >= 15 is 0 Å². The lowest BCUT2D eigenvalue weighted by molar-refractivity contribution is -0.385. The van der Waals surface area contributed by atoms with Crippen molar-refractivity contribution in [2.24, 2.45) is 5.10 Å².